The summed E-state index contributed by atoms with van der Waals surface area (Å²) in [6, 6.07) is 3.24. The Balaban J connectivity index is 2.07. The molecular formula is C14H17F2NO3. The van der Waals surface area contributed by atoms with Crippen LogP contribution in [0.4, 0.5) is 8.78 Å². The number of carbonyl (C=O) groups is 1. The maximum Gasteiger partial charge on any atom is 0.306 e. The number of rotatable bonds is 4. The number of hydrogen-bond acceptors (Lipinski definition) is 3. The van der Waals surface area contributed by atoms with Crippen LogP contribution in [0.3, 0.4) is 0 Å². The molecule has 0 aliphatic carbocycles. The van der Waals surface area contributed by atoms with Gasteiger partial charge in [-0.15, -0.1) is 0 Å². The van der Waals surface area contributed by atoms with Gasteiger partial charge in [-0.05, 0) is 24.6 Å². The van der Waals surface area contributed by atoms with E-state index < -0.39 is 17.6 Å². The largest absolute Gasteiger partial charge is 0.481 e. The van der Waals surface area contributed by atoms with Gasteiger partial charge in [0.2, 0.25) is 0 Å². The molecule has 1 saturated heterocycles. The van der Waals surface area contributed by atoms with Crippen LogP contribution in [0.5, 0.6) is 0 Å². The fourth-order valence-electron chi connectivity index (χ4n) is 2.44. The number of hydrogen-bond donors (Lipinski definition) is 1. The van der Waals surface area contributed by atoms with Gasteiger partial charge in [0.15, 0.2) is 0 Å². The van der Waals surface area contributed by atoms with Crippen molar-refractivity contribution in [1.29, 1.82) is 0 Å². The molecule has 0 amide bonds. The number of carboxylic acids is 1. The van der Waals surface area contributed by atoms with E-state index in [9.17, 15) is 13.6 Å². The van der Waals surface area contributed by atoms with E-state index in [0.29, 0.717) is 25.3 Å². The number of nitrogens with zero attached hydrogens (tertiary/aromatic N) is 1. The Morgan fingerprint density at radius 1 is 1.45 bits per heavy atom. The Hall–Kier alpha value is -1.53. The summed E-state index contributed by atoms with van der Waals surface area (Å²) in [5.74, 6) is -2.13. The highest BCUT2D eigenvalue weighted by Gasteiger charge is 2.26. The Bertz CT molecular complexity index is 475. The van der Waals surface area contributed by atoms with Gasteiger partial charge >= 0.3 is 5.97 Å². The Morgan fingerprint density at radius 3 is 2.70 bits per heavy atom. The van der Waals surface area contributed by atoms with Crippen molar-refractivity contribution in [3.05, 3.63) is 35.4 Å². The van der Waals surface area contributed by atoms with Crippen LogP contribution in [0.25, 0.3) is 0 Å². The van der Waals surface area contributed by atoms with Crippen LogP contribution in [0.15, 0.2) is 18.2 Å². The van der Waals surface area contributed by atoms with E-state index in [1.54, 1.807) is 0 Å². The highest BCUT2D eigenvalue weighted by Crippen LogP contribution is 2.24. The van der Waals surface area contributed by atoms with Crippen molar-refractivity contribution in [3.8, 4) is 0 Å². The van der Waals surface area contributed by atoms with Crippen molar-refractivity contribution in [2.45, 2.75) is 25.5 Å². The topological polar surface area (TPSA) is 49.8 Å². The van der Waals surface area contributed by atoms with Gasteiger partial charge < -0.3 is 9.84 Å². The van der Waals surface area contributed by atoms with Crippen LogP contribution < -0.4 is 0 Å². The summed E-state index contributed by atoms with van der Waals surface area (Å²) in [4.78, 5) is 12.7. The van der Waals surface area contributed by atoms with Gasteiger partial charge in [-0.2, -0.15) is 0 Å². The van der Waals surface area contributed by atoms with Crippen molar-refractivity contribution in [3.63, 3.8) is 0 Å². The summed E-state index contributed by atoms with van der Waals surface area (Å²) in [6.45, 7) is 3.30. The maximum atomic E-state index is 13.2. The van der Waals surface area contributed by atoms with Crippen LogP contribution in [0.2, 0.25) is 0 Å². The SMILES string of the molecule is CC(c1cc(F)cc(F)c1)N1CCOC(CC(=O)O)C1. The fraction of sp³-hybridized carbons (Fsp3) is 0.500. The summed E-state index contributed by atoms with van der Waals surface area (Å²) in [7, 11) is 0. The zero-order valence-electron chi connectivity index (χ0n) is 11.2. The summed E-state index contributed by atoms with van der Waals surface area (Å²) in [5, 5.41) is 8.78. The summed E-state index contributed by atoms with van der Waals surface area (Å²) in [5.41, 5.74) is 0.540. The lowest BCUT2D eigenvalue weighted by molar-refractivity contribution is -0.142. The molecule has 1 aliphatic rings. The third-order valence-electron chi connectivity index (χ3n) is 3.49. The predicted octanol–water partition coefficient (Wildman–Crippen LogP) is 2.20. The second kappa shape index (κ2) is 6.28. The molecule has 0 saturated carbocycles. The molecule has 110 valence electrons. The second-order valence-corrected chi connectivity index (χ2v) is 4.96. The number of morpholine rings is 1. The number of aliphatic carboxylic acids is 1. The zero-order chi connectivity index (χ0) is 14.7. The average molecular weight is 285 g/mol. The lowest BCUT2D eigenvalue weighted by Gasteiger charge is -2.36. The first kappa shape index (κ1) is 14.9. The van der Waals surface area contributed by atoms with Gasteiger partial charge in [0.05, 0.1) is 19.1 Å². The summed E-state index contributed by atoms with van der Waals surface area (Å²) in [6.07, 6.45) is -0.456. The molecule has 0 spiro atoms. The van der Waals surface area contributed by atoms with Crippen molar-refractivity contribution in [2.75, 3.05) is 19.7 Å². The minimum Gasteiger partial charge on any atom is -0.481 e. The first-order chi connectivity index (χ1) is 9.45. The van der Waals surface area contributed by atoms with Gasteiger partial charge in [-0.25, -0.2) is 8.78 Å². The Kier molecular flexibility index (Phi) is 4.67. The van der Waals surface area contributed by atoms with Gasteiger partial charge in [0.1, 0.15) is 11.6 Å². The van der Waals surface area contributed by atoms with Crippen molar-refractivity contribution >= 4 is 5.97 Å². The lowest BCUT2D eigenvalue weighted by atomic mass is 10.0. The Morgan fingerprint density at radius 2 is 2.10 bits per heavy atom. The lowest BCUT2D eigenvalue weighted by Crippen LogP contribution is -2.44. The van der Waals surface area contributed by atoms with Gasteiger partial charge in [-0.3, -0.25) is 9.69 Å². The monoisotopic (exact) mass is 285 g/mol. The van der Waals surface area contributed by atoms with Gasteiger partial charge in [0, 0.05) is 25.2 Å². The van der Waals surface area contributed by atoms with E-state index in [1.165, 1.54) is 12.1 Å². The van der Waals surface area contributed by atoms with Gasteiger partial charge in [-0.1, -0.05) is 0 Å². The molecular weight excluding hydrogens is 268 g/mol. The molecule has 1 aromatic carbocycles. The second-order valence-electron chi connectivity index (χ2n) is 4.96. The first-order valence-electron chi connectivity index (χ1n) is 6.49. The molecule has 1 aromatic rings. The minimum atomic E-state index is -0.915. The van der Waals surface area contributed by atoms with Crippen molar-refractivity contribution < 1.29 is 23.4 Å². The van der Waals surface area contributed by atoms with Crippen molar-refractivity contribution in [2.24, 2.45) is 0 Å². The van der Waals surface area contributed by atoms with Crippen LogP contribution >= 0.6 is 0 Å². The van der Waals surface area contributed by atoms with Crippen LogP contribution in [0.1, 0.15) is 24.9 Å². The molecule has 0 aromatic heterocycles. The maximum absolute atomic E-state index is 13.2. The molecule has 0 radical (unpaired) electrons. The van der Waals surface area contributed by atoms with E-state index in [0.717, 1.165) is 6.07 Å². The molecule has 1 N–H and O–H groups in total. The van der Waals surface area contributed by atoms with Crippen LogP contribution in [-0.2, 0) is 9.53 Å². The third-order valence-corrected chi connectivity index (χ3v) is 3.49. The Labute approximate surface area is 116 Å². The highest BCUT2D eigenvalue weighted by molar-refractivity contribution is 5.67. The van der Waals surface area contributed by atoms with E-state index >= 15 is 0 Å². The van der Waals surface area contributed by atoms with Gasteiger partial charge in [0.25, 0.3) is 0 Å². The number of benzene rings is 1. The molecule has 1 aliphatic heterocycles. The van der Waals surface area contributed by atoms with E-state index in [4.69, 9.17) is 9.84 Å². The molecule has 6 heteroatoms. The van der Waals surface area contributed by atoms with Crippen LogP contribution in [-0.4, -0.2) is 41.8 Å². The van der Waals surface area contributed by atoms with E-state index in [-0.39, 0.29) is 18.6 Å². The number of halogens is 2. The van der Waals surface area contributed by atoms with E-state index in [1.807, 2.05) is 11.8 Å². The predicted molar refractivity (Wildman–Crippen MR) is 68.3 cm³/mol. The molecule has 2 atom stereocenters. The normalized spacial score (nSPS) is 21.6. The fourth-order valence-corrected chi connectivity index (χ4v) is 2.44. The molecule has 1 fully saturated rings. The molecule has 2 unspecified atom stereocenters. The van der Waals surface area contributed by atoms with E-state index in [2.05, 4.69) is 0 Å². The smallest absolute Gasteiger partial charge is 0.306 e. The highest BCUT2D eigenvalue weighted by atomic mass is 19.1. The molecule has 0 bridgehead atoms. The number of ether oxygens (including phenoxy) is 1. The first-order valence-corrected chi connectivity index (χ1v) is 6.49. The summed E-state index contributed by atoms with van der Waals surface area (Å²) < 4.78 is 31.9. The zero-order valence-corrected chi connectivity index (χ0v) is 11.2. The number of carboxylic acid groups (broad SMARTS) is 1. The molecule has 2 rings (SSSR count). The third kappa shape index (κ3) is 3.74. The quantitative estimate of drug-likeness (QED) is 0.921. The molecule has 1 heterocycles. The van der Waals surface area contributed by atoms with Crippen molar-refractivity contribution in [1.82, 2.24) is 4.90 Å². The standard InChI is InChI=1S/C14H17F2NO3/c1-9(10-4-11(15)6-12(16)5-10)17-2-3-20-13(8-17)7-14(18)19/h4-6,9,13H,2-3,7-8H2,1H3,(H,18,19). The minimum absolute atomic E-state index is 0.0687. The average Bonchev–Trinajstić information content (AvgIpc) is 2.36. The van der Waals surface area contributed by atoms with Crippen LogP contribution in [0, 0.1) is 11.6 Å². The molecule has 20 heavy (non-hydrogen) atoms. The summed E-state index contributed by atoms with van der Waals surface area (Å²) >= 11 is 0. The molecule has 4 nitrogen and oxygen atoms in total.